The van der Waals surface area contributed by atoms with Gasteiger partial charge in [0.25, 0.3) is 0 Å². The average molecular weight is 321 g/mol. The summed E-state index contributed by atoms with van der Waals surface area (Å²) in [5.41, 5.74) is 3.73. The van der Waals surface area contributed by atoms with Crippen molar-refractivity contribution >= 4 is 16.9 Å². The van der Waals surface area contributed by atoms with Gasteiger partial charge >= 0.3 is 5.97 Å². The van der Waals surface area contributed by atoms with Crippen LogP contribution in [0, 0.1) is 6.92 Å². The molecule has 3 aromatic rings. The Labute approximate surface area is 141 Å². The van der Waals surface area contributed by atoms with Gasteiger partial charge in [0.2, 0.25) is 0 Å². The first-order valence-corrected chi connectivity index (χ1v) is 7.79. The molecule has 3 rings (SSSR count). The number of ether oxygens (including phenoxy) is 2. The summed E-state index contributed by atoms with van der Waals surface area (Å²) in [4.78, 5) is 16.2. The van der Waals surface area contributed by atoms with Gasteiger partial charge in [-0.2, -0.15) is 0 Å². The fourth-order valence-corrected chi connectivity index (χ4v) is 2.63. The van der Waals surface area contributed by atoms with Gasteiger partial charge in [-0.1, -0.05) is 30.3 Å². The van der Waals surface area contributed by atoms with Gasteiger partial charge in [0.05, 0.1) is 19.0 Å². The molecule has 0 atom stereocenters. The van der Waals surface area contributed by atoms with E-state index >= 15 is 0 Å². The SMILES string of the molecule is COC(=O)Cc1cc(C)nc2ccc(OCc3ccccc3)cc12. The van der Waals surface area contributed by atoms with Crippen molar-refractivity contribution in [3.8, 4) is 5.75 Å². The molecular formula is C20H19NO3. The van der Waals surface area contributed by atoms with E-state index in [1.54, 1.807) is 0 Å². The zero-order chi connectivity index (χ0) is 16.9. The number of esters is 1. The van der Waals surface area contributed by atoms with Gasteiger partial charge in [0.1, 0.15) is 12.4 Å². The monoisotopic (exact) mass is 321 g/mol. The number of pyridine rings is 1. The van der Waals surface area contributed by atoms with Crippen LogP contribution in [0.4, 0.5) is 0 Å². The molecule has 0 radical (unpaired) electrons. The van der Waals surface area contributed by atoms with Gasteiger partial charge in [0, 0.05) is 11.1 Å². The lowest BCUT2D eigenvalue weighted by molar-refractivity contribution is -0.139. The first kappa shape index (κ1) is 16.0. The molecule has 1 aromatic heterocycles. The van der Waals surface area contributed by atoms with Gasteiger partial charge in [-0.05, 0) is 42.3 Å². The molecule has 0 aliphatic rings. The summed E-state index contributed by atoms with van der Waals surface area (Å²) in [5, 5.41) is 0.913. The molecule has 0 saturated heterocycles. The highest BCUT2D eigenvalue weighted by Crippen LogP contribution is 2.25. The van der Waals surface area contributed by atoms with Crippen molar-refractivity contribution in [2.24, 2.45) is 0 Å². The van der Waals surface area contributed by atoms with Gasteiger partial charge in [-0.3, -0.25) is 9.78 Å². The smallest absolute Gasteiger partial charge is 0.310 e. The fraction of sp³-hybridized carbons (Fsp3) is 0.200. The number of benzene rings is 2. The van der Waals surface area contributed by atoms with E-state index in [2.05, 4.69) is 4.98 Å². The third-order valence-corrected chi connectivity index (χ3v) is 3.80. The van der Waals surface area contributed by atoms with Crippen LogP contribution in [-0.2, 0) is 22.6 Å². The Hall–Kier alpha value is -2.88. The normalized spacial score (nSPS) is 10.6. The van der Waals surface area contributed by atoms with E-state index < -0.39 is 0 Å². The van der Waals surface area contributed by atoms with Crippen LogP contribution in [0.2, 0.25) is 0 Å². The fourth-order valence-electron chi connectivity index (χ4n) is 2.63. The molecule has 1 heterocycles. The summed E-state index contributed by atoms with van der Waals surface area (Å²) < 4.78 is 10.7. The summed E-state index contributed by atoms with van der Waals surface area (Å²) in [6.45, 7) is 2.41. The first-order valence-electron chi connectivity index (χ1n) is 7.79. The number of hydrogen-bond donors (Lipinski definition) is 0. The number of rotatable bonds is 5. The molecular weight excluding hydrogens is 302 g/mol. The highest BCUT2D eigenvalue weighted by atomic mass is 16.5. The maximum Gasteiger partial charge on any atom is 0.310 e. The molecule has 2 aromatic carbocycles. The number of carbonyl (C=O) groups excluding carboxylic acids is 1. The number of hydrogen-bond acceptors (Lipinski definition) is 4. The zero-order valence-electron chi connectivity index (χ0n) is 13.8. The van der Waals surface area contributed by atoms with Crippen molar-refractivity contribution in [3.05, 3.63) is 71.4 Å². The third-order valence-electron chi connectivity index (χ3n) is 3.80. The lowest BCUT2D eigenvalue weighted by Crippen LogP contribution is -2.06. The Morgan fingerprint density at radius 3 is 2.62 bits per heavy atom. The maximum atomic E-state index is 11.7. The quantitative estimate of drug-likeness (QED) is 0.670. The van der Waals surface area contributed by atoms with E-state index in [4.69, 9.17) is 9.47 Å². The lowest BCUT2D eigenvalue weighted by Gasteiger charge is -2.10. The largest absolute Gasteiger partial charge is 0.489 e. The van der Waals surface area contributed by atoms with E-state index in [0.717, 1.165) is 33.5 Å². The van der Waals surface area contributed by atoms with Crippen LogP contribution < -0.4 is 4.74 Å². The maximum absolute atomic E-state index is 11.7. The van der Waals surface area contributed by atoms with Crippen molar-refractivity contribution in [1.82, 2.24) is 4.98 Å². The van der Waals surface area contributed by atoms with Gasteiger partial charge in [0.15, 0.2) is 0 Å². The molecule has 0 aliphatic carbocycles. The minimum absolute atomic E-state index is 0.221. The average Bonchev–Trinajstić information content (AvgIpc) is 2.60. The molecule has 0 unspecified atom stereocenters. The highest BCUT2D eigenvalue weighted by Gasteiger charge is 2.10. The molecule has 24 heavy (non-hydrogen) atoms. The van der Waals surface area contributed by atoms with Gasteiger partial charge in [-0.25, -0.2) is 0 Å². The summed E-state index contributed by atoms with van der Waals surface area (Å²) in [5.74, 6) is 0.487. The van der Waals surface area contributed by atoms with Crippen molar-refractivity contribution in [3.63, 3.8) is 0 Å². The van der Waals surface area contributed by atoms with Crippen LogP contribution in [0.15, 0.2) is 54.6 Å². The van der Waals surface area contributed by atoms with Gasteiger partial charge in [-0.15, -0.1) is 0 Å². The zero-order valence-corrected chi connectivity index (χ0v) is 13.8. The minimum Gasteiger partial charge on any atom is -0.489 e. The van der Waals surface area contributed by atoms with Crippen molar-refractivity contribution in [2.45, 2.75) is 20.0 Å². The molecule has 4 heteroatoms. The predicted octanol–water partition coefficient (Wildman–Crippen LogP) is 3.84. The van der Waals surface area contributed by atoms with Crippen LogP contribution >= 0.6 is 0 Å². The number of aromatic nitrogens is 1. The third kappa shape index (κ3) is 3.71. The second kappa shape index (κ2) is 7.13. The molecule has 4 nitrogen and oxygen atoms in total. The summed E-state index contributed by atoms with van der Waals surface area (Å²) in [6.07, 6.45) is 0.221. The van der Waals surface area contributed by atoms with Crippen LogP contribution in [0.5, 0.6) is 5.75 Å². The number of nitrogens with zero attached hydrogens (tertiary/aromatic N) is 1. The van der Waals surface area contributed by atoms with E-state index in [1.165, 1.54) is 7.11 Å². The molecule has 122 valence electrons. The molecule has 0 saturated carbocycles. The molecule has 0 amide bonds. The molecule has 0 N–H and O–H groups in total. The lowest BCUT2D eigenvalue weighted by atomic mass is 10.0. The summed E-state index contributed by atoms with van der Waals surface area (Å²) in [7, 11) is 1.40. The summed E-state index contributed by atoms with van der Waals surface area (Å²) >= 11 is 0. The first-order chi connectivity index (χ1) is 11.7. The molecule has 0 aliphatic heterocycles. The number of aryl methyl sites for hydroxylation is 1. The standard InChI is InChI=1S/C20H19NO3/c1-14-10-16(11-20(22)23-2)18-12-17(8-9-19(18)21-14)24-13-15-6-4-3-5-7-15/h3-10,12H,11,13H2,1-2H3. The van der Waals surface area contributed by atoms with E-state index in [9.17, 15) is 4.79 Å². The van der Waals surface area contributed by atoms with Crippen molar-refractivity contribution in [2.75, 3.05) is 7.11 Å². The molecule has 0 spiro atoms. The van der Waals surface area contributed by atoms with Crippen LogP contribution in [0.25, 0.3) is 10.9 Å². The minimum atomic E-state index is -0.266. The summed E-state index contributed by atoms with van der Waals surface area (Å²) in [6, 6.07) is 17.7. The van der Waals surface area contributed by atoms with Crippen LogP contribution in [-0.4, -0.2) is 18.1 Å². The Bertz CT molecular complexity index is 859. The molecule has 0 bridgehead atoms. The van der Waals surface area contributed by atoms with E-state index in [-0.39, 0.29) is 12.4 Å². The predicted molar refractivity (Wildman–Crippen MR) is 93.0 cm³/mol. The van der Waals surface area contributed by atoms with Crippen LogP contribution in [0.1, 0.15) is 16.8 Å². The second-order valence-electron chi connectivity index (χ2n) is 5.63. The Morgan fingerprint density at radius 2 is 1.88 bits per heavy atom. The molecule has 0 fully saturated rings. The topological polar surface area (TPSA) is 48.4 Å². The van der Waals surface area contributed by atoms with Crippen molar-refractivity contribution in [1.29, 1.82) is 0 Å². The number of carbonyl (C=O) groups is 1. The van der Waals surface area contributed by atoms with Crippen LogP contribution in [0.3, 0.4) is 0 Å². The van der Waals surface area contributed by atoms with Gasteiger partial charge < -0.3 is 9.47 Å². The number of methoxy groups -OCH3 is 1. The highest BCUT2D eigenvalue weighted by molar-refractivity contribution is 5.87. The Kier molecular flexibility index (Phi) is 4.75. The Balaban J connectivity index is 1.89. The van der Waals surface area contributed by atoms with E-state index in [0.29, 0.717) is 6.61 Å². The number of fused-ring (bicyclic) bond motifs is 1. The van der Waals surface area contributed by atoms with E-state index in [1.807, 2.05) is 61.5 Å². The second-order valence-corrected chi connectivity index (χ2v) is 5.63. The Morgan fingerprint density at radius 1 is 1.08 bits per heavy atom. The van der Waals surface area contributed by atoms with Crippen molar-refractivity contribution < 1.29 is 14.3 Å².